The lowest BCUT2D eigenvalue weighted by Crippen LogP contribution is -2.18. The molecule has 0 radical (unpaired) electrons. The highest BCUT2D eigenvalue weighted by molar-refractivity contribution is 6.09. The summed E-state index contributed by atoms with van der Waals surface area (Å²) < 4.78 is 46.1. The predicted octanol–water partition coefficient (Wildman–Crippen LogP) is 5.47. The zero-order valence-corrected chi connectivity index (χ0v) is 16.3. The van der Waals surface area contributed by atoms with E-state index >= 15 is 0 Å². The highest BCUT2D eigenvalue weighted by atomic mass is 19.4. The topological polar surface area (TPSA) is 67.4 Å². The molecule has 0 bridgehead atoms. The fourth-order valence-electron chi connectivity index (χ4n) is 3.03. The minimum Gasteiger partial charge on any atom is -0.493 e. The molecule has 0 saturated carbocycles. The summed E-state index contributed by atoms with van der Waals surface area (Å²) in [6, 6.07) is 13.7. The second-order valence-electron chi connectivity index (χ2n) is 6.52. The molecule has 30 heavy (non-hydrogen) atoms. The van der Waals surface area contributed by atoms with Crippen LogP contribution in [-0.4, -0.2) is 18.4 Å². The number of amides is 2. The normalized spacial score (nSPS) is 11.2. The first-order valence-corrected chi connectivity index (χ1v) is 9.15. The summed E-state index contributed by atoms with van der Waals surface area (Å²) in [5.41, 5.74) is -1.39. The first-order valence-electron chi connectivity index (χ1n) is 9.15. The summed E-state index contributed by atoms with van der Waals surface area (Å²) in [4.78, 5) is 24.0. The van der Waals surface area contributed by atoms with Crippen molar-refractivity contribution < 1.29 is 27.5 Å². The number of benzene rings is 3. The Labute approximate surface area is 170 Å². The maximum atomic E-state index is 13.5. The lowest BCUT2D eigenvalue weighted by Gasteiger charge is -2.17. The number of carbonyl (C=O) groups is 2. The third-order valence-corrected chi connectivity index (χ3v) is 4.29. The van der Waals surface area contributed by atoms with Crippen molar-refractivity contribution in [3.8, 4) is 5.75 Å². The van der Waals surface area contributed by atoms with Crippen LogP contribution in [0.4, 0.5) is 24.5 Å². The molecule has 0 aliphatic rings. The quantitative estimate of drug-likeness (QED) is 0.580. The molecule has 0 unspecified atom stereocenters. The molecule has 3 aromatic rings. The van der Waals surface area contributed by atoms with Crippen molar-refractivity contribution in [3.05, 3.63) is 65.7 Å². The molecule has 0 atom stereocenters. The van der Waals surface area contributed by atoms with E-state index in [0.29, 0.717) is 0 Å². The number of rotatable bonds is 5. The Kier molecular flexibility index (Phi) is 5.96. The third kappa shape index (κ3) is 4.71. The number of carbonyl (C=O) groups excluding carboxylic acids is 2. The van der Waals surface area contributed by atoms with Crippen molar-refractivity contribution in [1.29, 1.82) is 0 Å². The second kappa shape index (κ2) is 8.44. The lowest BCUT2D eigenvalue weighted by molar-refractivity contribution is -0.137. The van der Waals surface area contributed by atoms with Gasteiger partial charge in [0.1, 0.15) is 5.75 Å². The van der Waals surface area contributed by atoms with Crippen molar-refractivity contribution in [3.63, 3.8) is 0 Å². The van der Waals surface area contributed by atoms with Crippen molar-refractivity contribution in [2.75, 3.05) is 17.2 Å². The van der Waals surface area contributed by atoms with E-state index in [1.807, 2.05) is 12.1 Å². The van der Waals surface area contributed by atoms with E-state index < -0.39 is 29.2 Å². The number of alkyl halides is 3. The van der Waals surface area contributed by atoms with Gasteiger partial charge in [0, 0.05) is 12.6 Å². The molecule has 0 aliphatic carbocycles. The maximum Gasteiger partial charge on any atom is 0.418 e. The van der Waals surface area contributed by atoms with Gasteiger partial charge in [0.2, 0.25) is 5.91 Å². The van der Waals surface area contributed by atoms with Gasteiger partial charge >= 0.3 is 6.18 Å². The molecule has 0 aliphatic heterocycles. The van der Waals surface area contributed by atoms with Crippen LogP contribution < -0.4 is 15.4 Å². The molecule has 156 valence electrons. The van der Waals surface area contributed by atoms with Crippen LogP contribution >= 0.6 is 0 Å². The van der Waals surface area contributed by atoms with Crippen LogP contribution in [0.3, 0.4) is 0 Å². The van der Waals surface area contributed by atoms with E-state index in [9.17, 15) is 22.8 Å². The third-order valence-electron chi connectivity index (χ3n) is 4.29. The van der Waals surface area contributed by atoms with Crippen LogP contribution in [0.25, 0.3) is 10.8 Å². The van der Waals surface area contributed by atoms with Crippen molar-refractivity contribution in [1.82, 2.24) is 0 Å². The van der Waals surface area contributed by atoms with Gasteiger partial charge in [0.25, 0.3) is 5.91 Å². The molecule has 3 rings (SSSR count). The smallest absolute Gasteiger partial charge is 0.418 e. The van der Waals surface area contributed by atoms with Crippen molar-refractivity contribution in [2.45, 2.75) is 20.0 Å². The molecule has 0 fully saturated rings. The average molecular weight is 416 g/mol. The molecule has 2 N–H and O–H groups in total. The summed E-state index contributed by atoms with van der Waals surface area (Å²) in [7, 11) is 0. The van der Waals surface area contributed by atoms with Crippen LogP contribution in [0.1, 0.15) is 29.8 Å². The summed E-state index contributed by atoms with van der Waals surface area (Å²) in [6.45, 7) is 3.23. The minimum atomic E-state index is -4.73. The second-order valence-corrected chi connectivity index (χ2v) is 6.52. The molecule has 0 spiro atoms. The number of hydrogen-bond donors (Lipinski definition) is 2. The van der Waals surface area contributed by atoms with E-state index in [1.54, 1.807) is 31.2 Å². The summed E-state index contributed by atoms with van der Waals surface area (Å²) in [6.07, 6.45) is -4.73. The Hall–Kier alpha value is -3.55. The van der Waals surface area contributed by atoms with Gasteiger partial charge in [-0.3, -0.25) is 9.59 Å². The largest absolute Gasteiger partial charge is 0.493 e. The molecule has 0 aromatic heterocycles. The number of anilines is 2. The van der Waals surface area contributed by atoms with Crippen LogP contribution in [0.5, 0.6) is 5.75 Å². The van der Waals surface area contributed by atoms with Gasteiger partial charge in [0.05, 0.1) is 23.4 Å². The van der Waals surface area contributed by atoms with Crippen LogP contribution in [-0.2, 0) is 11.0 Å². The molecule has 2 amide bonds. The van der Waals surface area contributed by atoms with Gasteiger partial charge in [-0.1, -0.05) is 24.3 Å². The molecule has 5 nitrogen and oxygen atoms in total. The number of hydrogen-bond acceptors (Lipinski definition) is 3. The Bertz CT molecular complexity index is 1110. The highest BCUT2D eigenvalue weighted by Gasteiger charge is 2.34. The van der Waals surface area contributed by atoms with Gasteiger partial charge in [-0.15, -0.1) is 0 Å². The zero-order valence-electron chi connectivity index (χ0n) is 16.3. The first-order chi connectivity index (χ1) is 14.2. The molecular weight excluding hydrogens is 397 g/mol. The van der Waals surface area contributed by atoms with E-state index in [1.165, 1.54) is 13.0 Å². The lowest BCUT2D eigenvalue weighted by atomic mass is 10.0. The van der Waals surface area contributed by atoms with Gasteiger partial charge in [0.15, 0.2) is 0 Å². The Morgan fingerprint density at radius 1 is 0.967 bits per heavy atom. The first kappa shape index (κ1) is 21.2. The van der Waals surface area contributed by atoms with Crippen molar-refractivity contribution in [2.24, 2.45) is 0 Å². The van der Waals surface area contributed by atoms with Gasteiger partial charge in [-0.2, -0.15) is 13.2 Å². The average Bonchev–Trinajstić information content (AvgIpc) is 2.67. The number of fused-ring (bicyclic) bond motifs is 1. The Balaban J connectivity index is 2.01. The van der Waals surface area contributed by atoms with Gasteiger partial charge in [-0.25, -0.2) is 0 Å². The molecular formula is C22H19F3N2O3. The highest BCUT2D eigenvalue weighted by Crippen LogP contribution is 2.37. The van der Waals surface area contributed by atoms with Crippen LogP contribution in [0.2, 0.25) is 0 Å². The monoisotopic (exact) mass is 416 g/mol. The van der Waals surface area contributed by atoms with Crippen LogP contribution in [0, 0.1) is 0 Å². The van der Waals surface area contributed by atoms with E-state index in [0.717, 1.165) is 22.9 Å². The van der Waals surface area contributed by atoms with E-state index in [-0.39, 0.29) is 23.6 Å². The fraction of sp³-hybridized carbons (Fsp3) is 0.182. The standard InChI is InChI=1S/C22H19F3N2O3/c1-3-30-20-11-15-7-5-4-6-14(15)10-17(20)21(29)27-19-9-8-16(26-13(2)28)12-18(19)22(23,24)25/h4-12H,3H2,1-2H3,(H,26,28)(H,27,29). The summed E-state index contributed by atoms with van der Waals surface area (Å²) >= 11 is 0. The zero-order chi connectivity index (χ0) is 21.9. The van der Waals surface area contributed by atoms with Crippen molar-refractivity contribution >= 4 is 34.0 Å². The number of nitrogens with one attached hydrogen (secondary N) is 2. The Morgan fingerprint density at radius 3 is 2.23 bits per heavy atom. The summed E-state index contributed by atoms with van der Waals surface area (Å²) in [5, 5.41) is 6.22. The van der Waals surface area contributed by atoms with Gasteiger partial charge < -0.3 is 15.4 Å². The number of ether oxygens (including phenoxy) is 1. The minimum absolute atomic E-state index is 0.0199. The molecule has 0 saturated heterocycles. The van der Waals surface area contributed by atoms with Crippen LogP contribution in [0.15, 0.2) is 54.6 Å². The fourth-order valence-corrected chi connectivity index (χ4v) is 3.03. The summed E-state index contributed by atoms with van der Waals surface area (Å²) in [5.74, 6) is -0.962. The number of halogens is 3. The Morgan fingerprint density at radius 2 is 1.63 bits per heavy atom. The van der Waals surface area contributed by atoms with E-state index in [4.69, 9.17) is 4.74 Å². The SMILES string of the molecule is CCOc1cc2ccccc2cc1C(=O)Nc1ccc(NC(C)=O)cc1C(F)(F)F. The molecule has 3 aromatic carbocycles. The van der Waals surface area contributed by atoms with Gasteiger partial charge in [-0.05, 0) is 48.0 Å². The molecule has 0 heterocycles. The maximum absolute atomic E-state index is 13.5. The predicted molar refractivity (Wildman–Crippen MR) is 109 cm³/mol. The van der Waals surface area contributed by atoms with E-state index in [2.05, 4.69) is 10.6 Å². The molecule has 8 heteroatoms.